The molecule has 1 aromatic carbocycles. The van der Waals surface area contributed by atoms with E-state index in [1.54, 1.807) is 0 Å². The molecule has 0 aliphatic rings. The number of rotatable bonds is 8. The van der Waals surface area contributed by atoms with E-state index in [9.17, 15) is 0 Å². The highest BCUT2D eigenvalue weighted by Gasteiger charge is 2.18. The van der Waals surface area contributed by atoms with Gasteiger partial charge in [-0.25, -0.2) is 0 Å². The predicted octanol–water partition coefficient (Wildman–Crippen LogP) is 4.76. The SMILES string of the molecule is CCCC(C)C(CNCC(C)C)c1ccc(C)cc1. The summed E-state index contributed by atoms with van der Waals surface area (Å²) < 4.78 is 0. The first-order chi connectivity index (χ1) is 9.04. The van der Waals surface area contributed by atoms with Crippen molar-refractivity contribution in [3.63, 3.8) is 0 Å². The Balaban J connectivity index is 2.70. The van der Waals surface area contributed by atoms with Crippen LogP contribution in [0.1, 0.15) is 57.6 Å². The van der Waals surface area contributed by atoms with Gasteiger partial charge in [0, 0.05) is 6.54 Å². The van der Waals surface area contributed by atoms with E-state index in [1.165, 1.54) is 24.0 Å². The van der Waals surface area contributed by atoms with Crippen LogP contribution in [0.5, 0.6) is 0 Å². The summed E-state index contributed by atoms with van der Waals surface area (Å²) >= 11 is 0. The fraction of sp³-hybridized carbons (Fsp3) is 0.667. The van der Waals surface area contributed by atoms with Crippen molar-refractivity contribution in [1.82, 2.24) is 5.32 Å². The van der Waals surface area contributed by atoms with Crippen LogP contribution in [0.3, 0.4) is 0 Å². The van der Waals surface area contributed by atoms with E-state index in [4.69, 9.17) is 0 Å². The van der Waals surface area contributed by atoms with Gasteiger partial charge in [-0.1, -0.05) is 70.4 Å². The number of hydrogen-bond acceptors (Lipinski definition) is 1. The van der Waals surface area contributed by atoms with Crippen LogP contribution in [0.2, 0.25) is 0 Å². The average molecular weight is 261 g/mol. The van der Waals surface area contributed by atoms with Crippen molar-refractivity contribution in [3.8, 4) is 0 Å². The number of aryl methyl sites for hydroxylation is 1. The Labute approximate surface area is 119 Å². The van der Waals surface area contributed by atoms with E-state index < -0.39 is 0 Å². The molecule has 0 bridgehead atoms. The van der Waals surface area contributed by atoms with E-state index in [2.05, 4.69) is 64.2 Å². The Hall–Kier alpha value is -0.820. The van der Waals surface area contributed by atoms with Gasteiger partial charge in [-0.05, 0) is 36.8 Å². The standard InChI is InChI=1S/C18H31N/c1-6-7-16(5)18(13-19-12-14(2)3)17-10-8-15(4)9-11-17/h8-11,14,16,18-19H,6-7,12-13H2,1-5H3. The fourth-order valence-electron chi connectivity index (χ4n) is 2.65. The molecule has 108 valence electrons. The average Bonchev–Trinajstić information content (AvgIpc) is 2.36. The molecule has 1 nitrogen and oxygen atoms in total. The zero-order chi connectivity index (χ0) is 14.3. The summed E-state index contributed by atoms with van der Waals surface area (Å²) in [6.45, 7) is 13.6. The number of nitrogens with one attached hydrogen (secondary N) is 1. The lowest BCUT2D eigenvalue weighted by Gasteiger charge is -2.25. The monoisotopic (exact) mass is 261 g/mol. The van der Waals surface area contributed by atoms with Gasteiger partial charge >= 0.3 is 0 Å². The molecule has 0 aliphatic carbocycles. The Morgan fingerprint density at radius 2 is 1.63 bits per heavy atom. The quantitative estimate of drug-likeness (QED) is 0.711. The molecule has 0 saturated carbocycles. The fourth-order valence-corrected chi connectivity index (χ4v) is 2.65. The predicted molar refractivity (Wildman–Crippen MR) is 85.7 cm³/mol. The van der Waals surface area contributed by atoms with Crippen molar-refractivity contribution >= 4 is 0 Å². The topological polar surface area (TPSA) is 12.0 Å². The van der Waals surface area contributed by atoms with Crippen LogP contribution in [0.25, 0.3) is 0 Å². The molecule has 1 rings (SSSR count). The van der Waals surface area contributed by atoms with Crippen LogP contribution < -0.4 is 5.32 Å². The van der Waals surface area contributed by atoms with Gasteiger partial charge in [0.05, 0.1) is 0 Å². The van der Waals surface area contributed by atoms with Gasteiger partial charge in [0.1, 0.15) is 0 Å². The highest BCUT2D eigenvalue weighted by atomic mass is 14.9. The molecule has 0 aliphatic heterocycles. The van der Waals surface area contributed by atoms with Crippen molar-refractivity contribution < 1.29 is 0 Å². The molecule has 19 heavy (non-hydrogen) atoms. The van der Waals surface area contributed by atoms with Crippen LogP contribution >= 0.6 is 0 Å². The molecule has 0 amide bonds. The second-order valence-electron chi connectivity index (χ2n) is 6.34. The summed E-state index contributed by atoms with van der Waals surface area (Å²) in [5, 5.41) is 3.64. The van der Waals surface area contributed by atoms with Crippen molar-refractivity contribution in [2.24, 2.45) is 11.8 Å². The first-order valence-electron chi connectivity index (χ1n) is 7.81. The number of benzene rings is 1. The van der Waals surface area contributed by atoms with Gasteiger partial charge in [-0.2, -0.15) is 0 Å². The van der Waals surface area contributed by atoms with Crippen LogP contribution in [0.15, 0.2) is 24.3 Å². The van der Waals surface area contributed by atoms with Gasteiger partial charge in [0.15, 0.2) is 0 Å². The smallest absolute Gasteiger partial charge is 0.00228 e. The molecule has 0 fully saturated rings. The van der Waals surface area contributed by atoms with E-state index in [0.717, 1.165) is 24.9 Å². The second-order valence-corrected chi connectivity index (χ2v) is 6.34. The molecule has 2 atom stereocenters. The Morgan fingerprint density at radius 1 is 1.00 bits per heavy atom. The number of hydrogen-bond donors (Lipinski definition) is 1. The summed E-state index contributed by atoms with van der Waals surface area (Å²) in [6, 6.07) is 9.10. The Morgan fingerprint density at radius 3 is 2.16 bits per heavy atom. The minimum absolute atomic E-state index is 0.638. The molecule has 1 N–H and O–H groups in total. The summed E-state index contributed by atoms with van der Waals surface area (Å²) in [5.74, 6) is 2.10. The van der Waals surface area contributed by atoms with Crippen LogP contribution in [-0.2, 0) is 0 Å². The van der Waals surface area contributed by atoms with Gasteiger partial charge < -0.3 is 5.32 Å². The molecule has 0 heterocycles. The zero-order valence-corrected chi connectivity index (χ0v) is 13.4. The van der Waals surface area contributed by atoms with Crippen LogP contribution in [-0.4, -0.2) is 13.1 Å². The molecule has 0 aromatic heterocycles. The molecule has 1 aromatic rings. The van der Waals surface area contributed by atoms with E-state index in [1.807, 2.05) is 0 Å². The summed E-state index contributed by atoms with van der Waals surface area (Å²) in [7, 11) is 0. The maximum atomic E-state index is 3.64. The van der Waals surface area contributed by atoms with Gasteiger partial charge in [0.25, 0.3) is 0 Å². The lowest BCUT2D eigenvalue weighted by atomic mass is 9.84. The van der Waals surface area contributed by atoms with Crippen molar-refractivity contribution in [3.05, 3.63) is 35.4 Å². The minimum Gasteiger partial charge on any atom is -0.316 e. The Bertz CT molecular complexity index is 339. The highest BCUT2D eigenvalue weighted by molar-refractivity contribution is 5.25. The lowest BCUT2D eigenvalue weighted by Crippen LogP contribution is -2.28. The molecular weight excluding hydrogens is 230 g/mol. The highest BCUT2D eigenvalue weighted by Crippen LogP contribution is 2.27. The molecule has 0 saturated heterocycles. The molecule has 0 radical (unpaired) electrons. The molecule has 1 heteroatoms. The third-order valence-electron chi connectivity index (χ3n) is 3.85. The van der Waals surface area contributed by atoms with Crippen molar-refractivity contribution in [1.29, 1.82) is 0 Å². The van der Waals surface area contributed by atoms with Crippen molar-refractivity contribution in [2.45, 2.75) is 53.4 Å². The Kier molecular flexibility index (Phi) is 7.15. The van der Waals surface area contributed by atoms with Crippen molar-refractivity contribution in [2.75, 3.05) is 13.1 Å². The molecular formula is C18H31N. The summed E-state index contributed by atoms with van der Waals surface area (Å²) in [6.07, 6.45) is 2.58. The maximum absolute atomic E-state index is 3.64. The van der Waals surface area contributed by atoms with Crippen LogP contribution in [0, 0.1) is 18.8 Å². The third kappa shape index (κ3) is 5.78. The summed E-state index contributed by atoms with van der Waals surface area (Å²) in [5.41, 5.74) is 2.84. The first kappa shape index (κ1) is 16.2. The van der Waals surface area contributed by atoms with E-state index in [0.29, 0.717) is 5.92 Å². The summed E-state index contributed by atoms with van der Waals surface area (Å²) in [4.78, 5) is 0. The first-order valence-corrected chi connectivity index (χ1v) is 7.81. The second kappa shape index (κ2) is 8.37. The lowest BCUT2D eigenvalue weighted by molar-refractivity contribution is 0.394. The van der Waals surface area contributed by atoms with Crippen LogP contribution in [0.4, 0.5) is 0 Å². The normalized spacial score (nSPS) is 14.6. The molecule has 2 unspecified atom stereocenters. The van der Waals surface area contributed by atoms with Gasteiger partial charge in [-0.3, -0.25) is 0 Å². The largest absolute Gasteiger partial charge is 0.316 e. The van der Waals surface area contributed by atoms with E-state index in [-0.39, 0.29) is 0 Å². The van der Waals surface area contributed by atoms with Gasteiger partial charge in [0.2, 0.25) is 0 Å². The maximum Gasteiger partial charge on any atom is 0.00228 e. The van der Waals surface area contributed by atoms with Gasteiger partial charge in [-0.15, -0.1) is 0 Å². The minimum atomic E-state index is 0.638. The van der Waals surface area contributed by atoms with E-state index >= 15 is 0 Å². The third-order valence-corrected chi connectivity index (χ3v) is 3.85. The molecule has 0 spiro atoms. The zero-order valence-electron chi connectivity index (χ0n) is 13.4.